The average Bonchev–Trinajstić information content (AvgIpc) is 2.52. The smallest absolute Gasteiger partial charge is 0.249 e. The zero-order valence-corrected chi connectivity index (χ0v) is 11.2. The summed E-state index contributed by atoms with van der Waals surface area (Å²) in [6, 6.07) is 15.3. The van der Waals surface area contributed by atoms with Crippen LogP contribution in [0, 0.1) is 0 Å². The van der Waals surface area contributed by atoms with Crippen molar-refractivity contribution >= 4 is 5.91 Å². The molecule has 0 aliphatic carbocycles. The van der Waals surface area contributed by atoms with Crippen LogP contribution in [0.1, 0.15) is 17.7 Å². The fourth-order valence-electron chi connectivity index (χ4n) is 1.88. The maximum Gasteiger partial charge on any atom is 0.249 e. The second-order valence-electron chi connectivity index (χ2n) is 4.58. The van der Waals surface area contributed by atoms with E-state index in [4.69, 9.17) is 0 Å². The molecule has 1 aromatic carbocycles. The lowest BCUT2D eigenvalue weighted by molar-refractivity contribution is -0.129. The van der Waals surface area contributed by atoms with Crippen LogP contribution >= 0.6 is 0 Å². The van der Waals surface area contributed by atoms with Gasteiger partial charge in [0.25, 0.3) is 0 Å². The van der Waals surface area contributed by atoms with E-state index in [2.05, 4.69) is 10.3 Å². The maximum absolute atomic E-state index is 11.7. The molecule has 20 heavy (non-hydrogen) atoms. The SMILES string of the molecule is O=C(NCc1ccccn1)C(O)CCc1ccccc1. The van der Waals surface area contributed by atoms with Gasteiger partial charge in [-0.2, -0.15) is 0 Å². The number of aromatic nitrogens is 1. The van der Waals surface area contributed by atoms with Gasteiger partial charge in [0.15, 0.2) is 0 Å². The summed E-state index contributed by atoms with van der Waals surface area (Å²) in [6.45, 7) is 0.335. The monoisotopic (exact) mass is 270 g/mol. The van der Waals surface area contributed by atoms with E-state index in [1.165, 1.54) is 0 Å². The minimum absolute atomic E-state index is 0.335. The van der Waals surface area contributed by atoms with Crippen molar-refractivity contribution in [3.05, 3.63) is 66.0 Å². The zero-order chi connectivity index (χ0) is 14.2. The third-order valence-electron chi connectivity index (χ3n) is 3.02. The molecule has 0 saturated carbocycles. The number of hydrogen-bond acceptors (Lipinski definition) is 3. The molecule has 0 spiro atoms. The molecule has 2 rings (SSSR count). The van der Waals surface area contributed by atoms with Crippen molar-refractivity contribution in [1.82, 2.24) is 10.3 Å². The largest absolute Gasteiger partial charge is 0.383 e. The molecule has 0 aliphatic heterocycles. The number of aryl methyl sites for hydroxylation is 1. The molecule has 4 heteroatoms. The first-order valence-electron chi connectivity index (χ1n) is 6.65. The summed E-state index contributed by atoms with van der Waals surface area (Å²) in [5, 5.41) is 12.5. The van der Waals surface area contributed by atoms with Gasteiger partial charge in [0, 0.05) is 6.20 Å². The van der Waals surface area contributed by atoms with E-state index in [1.54, 1.807) is 6.20 Å². The highest BCUT2D eigenvalue weighted by Gasteiger charge is 2.14. The molecule has 2 N–H and O–H groups in total. The summed E-state index contributed by atoms with van der Waals surface area (Å²) in [6.07, 6.45) is 1.78. The summed E-state index contributed by atoms with van der Waals surface area (Å²) >= 11 is 0. The van der Waals surface area contributed by atoms with Crippen molar-refractivity contribution in [2.45, 2.75) is 25.5 Å². The Hall–Kier alpha value is -2.20. The topological polar surface area (TPSA) is 62.2 Å². The van der Waals surface area contributed by atoms with Crippen LogP contribution in [-0.4, -0.2) is 22.1 Å². The lowest BCUT2D eigenvalue weighted by Gasteiger charge is -2.11. The van der Waals surface area contributed by atoms with Crippen LogP contribution in [0.4, 0.5) is 0 Å². The van der Waals surface area contributed by atoms with E-state index < -0.39 is 6.10 Å². The number of carbonyl (C=O) groups is 1. The molecule has 1 atom stereocenters. The predicted octanol–water partition coefficient (Wildman–Crippen LogP) is 1.69. The average molecular weight is 270 g/mol. The van der Waals surface area contributed by atoms with Crippen LogP contribution in [-0.2, 0) is 17.8 Å². The Labute approximate surface area is 118 Å². The molecule has 0 fully saturated rings. The third-order valence-corrected chi connectivity index (χ3v) is 3.02. The first-order chi connectivity index (χ1) is 9.75. The fraction of sp³-hybridized carbons (Fsp3) is 0.250. The lowest BCUT2D eigenvalue weighted by atomic mass is 10.1. The molecule has 104 valence electrons. The molecule has 0 radical (unpaired) electrons. The number of aliphatic hydroxyl groups is 1. The van der Waals surface area contributed by atoms with Gasteiger partial charge >= 0.3 is 0 Å². The standard InChI is InChI=1S/C16H18N2O2/c19-15(10-9-13-6-2-1-3-7-13)16(20)18-12-14-8-4-5-11-17-14/h1-8,11,15,19H,9-10,12H2,(H,18,20). The maximum atomic E-state index is 11.7. The van der Waals surface area contributed by atoms with Crippen LogP contribution in [0.2, 0.25) is 0 Å². The van der Waals surface area contributed by atoms with Gasteiger partial charge in [-0.05, 0) is 30.5 Å². The number of nitrogens with zero attached hydrogens (tertiary/aromatic N) is 1. The molecule has 1 unspecified atom stereocenters. The molecule has 0 aliphatic rings. The second kappa shape index (κ2) is 7.40. The van der Waals surface area contributed by atoms with Gasteiger partial charge < -0.3 is 10.4 Å². The van der Waals surface area contributed by atoms with Crippen molar-refractivity contribution < 1.29 is 9.90 Å². The number of nitrogens with one attached hydrogen (secondary N) is 1. The minimum Gasteiger partial charge on any atom is -0.383 e. The number of carbonyl (C=O) groups excluding carboxylic acids is 1. The lowest BCUT2D eigenvalue weighted by Crippen LogP contribution is -2.34. The Balaban J connectivity index is 1.75. The van der Waals surface area contributed by atoms with E-state index in [9.17, 15) is 9.90 Å². The second-order valence-corrected chi connectivity index (χ2v) is 4.58. The summed E-state index contributed by atoms with van der Waals surface area (Å²) in [5.74, 6) is -0.355. The highest BCUT2D eigenvalue weighted by Crippen LogP contribution is 2.05. The Morgan fingerprint density at radius 3 is 2.60 bits per heavy atom. The van der Waals surface area contributed by atoms with Gasteiger partial charge in [-0.3, -0.25) is 9.78 Å². The van der Waals surface area contributed by atoms with Gasteiger partial charge in [-0.15, -0.1) is 0 Å². The molecule has 2 aromatic rings. The molecule has 1 heterocycles. The van der Waals surface area contributed by atoms with Gasteiger partial charge in [0.2, 0.25) is 5.91 Å². The summed E-state index contributed by atoms with van der Waals surface area (Å²) in [5.41, 5.74) is 1.89. The predicted molar refractivity (Wildman–Crippen MR) is 76.9 cm³/mol. The summed E-state index contributed by atoms with van der Waals surface area (Å²) < 4.78 is 0. The van der Waals surface area contributed by atoms with Crippen molar-refractivity contribution in [3.63, 3.8) is 0 Å². The van der Waals surface area contributed by atoms with E-state index >= 15 is 0 Å². The number of amides is 1. The van der Waals surface area contributed by atoms with Crippen LogP contribution in [0.15, 0.2) is 54.7 Å². The first kappa shape index (κ1) is 14.2. The number of benzene rings is 1. The molecule has 1 amide bonds. The van der Waals surface area contributed by atoms with Gasteiger partial charge in [0.1, 0.15) is 6.10 Å². The molecule has 0 saturated heterocycles. The highest BCUT2D eigenvalue weighted by atomic mass is 16.3. The van der Waals surface area contributed by atoms with Crippen molar-refractivity contribution in [2.24, 2.45) is 0 Å². The summed E-state index contributed by atoms with van der Waals surface area (Å²) in [7, 11) is 0. The molecular weight excluding hydrogens is 252 g/mol. The zero-order valence-electron chi connectivity index (χ0n) is 11.2. The molecule has 4 nitrogen and oxygen atoms in total. The van der Waals surface area contributed by atoms with E-state index in [-0.39, 0.29) is 5.91 Å². The van der Waals surface area contributed by atoms with Crippen LogP contribution in [0.5, 0.6) is 0 Å². The molecule has 0 bridgehead atoms. The van der Waals surface area contributed by atoms with Gasteiger partial charge in [-0.1, -0.05) is 36.4 Å². The van der Waals surface area contributed by atoms with Gasteiger partial charge in [0.05, 0.1) is 12.2 Å². The Morgan fingerprint density at radius 1 is 1.15 bits per heavy atom. The Kier molecular flexibility index (Phi) is 5.26. The van der Waals surface area contributed by atoms with Crippen LogP contribution in [0.3, 0.4) is 0 Å². The molecule has 1 aromatic heterocycles. The minimum atomic E-state index is -0.987. The fourth-order valence-corrected chi connectivity index (χ4v) is 1.88. The number of rotatable bonds is 6. The van der Waals surface area contributed by atoms with Crippen molar-refractivity contribution in [1.29, 1.82) is 0 Å². The number of pyridine rings is 1. The summed E-state index contributed by atoms with van der Waals surface area (Å²) in [4.78, 5) is 15.9. The van der Waals surface area contributed by atoms with E-state index in [1.807, 2.05) is 48.5 Å². The van der Waals surface area contributed by atoms with Gasteiger partial charge in [-0.25, -0.2) is 0 Å². The number of aliphatic hydroxyl groups excluding tert-OH is 1. The quantitative estimate of drug-likeness (QED) is 0.839. The Bertz CT molecular complexity index is 529. The third kappa shape index (κ3) is 4.48. The first-order valence-corrected chi connectivity index (χ1v) is 6.65. The van der Waals surface area contributed by atoms with Crippen LogP contribution in [0.25, 0.3) is 0 Å². The highest BCUT2D eigenvalue weighted by molar-refractivity contribution is 5.80. The Morgan fingerprint density at radius 2 is 1.90 bits per heavy atom. The van der Waals surface area contributed by atoms with Crippen molar-refractivity contribution in [3.8, 4) is 0 Å². The molecular formula is C16H18N2O2. The van der Waals surface area contributed by atoms with Crippen LogP contribution < -0.4 is 5.32 Å². The van der Waals surface area contributed by atoms with Crippen molar-refractivity contribution in [2.75, 3.05) is 0 Å². The number of hydrogen-bond donors (Lipinski definition) is 2. The van der Waals surface area contributed by atoms with E-state index in [0.29, 0.717) is 19.4 Å². The normalized spacial score (nSPS) is 11.8. The van der Waals surface area contributed by atoms with E-state index in [0.717, 1.165) is 11.3 Å².